The molecule has 0 N–H and O–H groups in total. The van der Waals surface area contributed by atoms with Crippen LogP contribution in [0.4, 0.5) is 0 Å². The van der Waals surface area contributed by atoms with Gasteiger partial charge in [0.15, 0.2) is 0 Å². The predicted molar refractivity (Wildman–Crippen MR) is 72.5 cm³/mol. The third-order valence-corrected chi connectivity index (χ3v) is 4.91. The quantitative estimate of drug-likeness (QED) is 0.673. The zero-order valence-corrected chi connectivity index (χ0v) is 12.1. The lowest BCUT2D eigenvalue weighted by molar-refractivity contribution is 0.335. The van der Waals surface area contributed by atoms with E-state index >= 15 is 0 Å². The fraction of sp³-hybridized carbons (Fsp3) is 0.538. The minimum atomic E-state index is 0.484. The second-order valence-electron chi connectivity index (χ2n) is 4.92. The highest BCUT2D eigenvalue weighted by Crippen LogP contribution is 2.44. The van der Waals surface area contributed by atoms with E-state index in [4.69, 9.17) is 0 Å². The smallest absolute Gasteiger partial charge is 0.0207 e. The fourth-order valence-electron chi connectivity index (χ4n) is 2.51. The van der Waals surface area contributed by atoms with Crippen LogP contribution in [-0.4, -0.2) is 4.83 Å². The lowest BCUT2D eigenvalue weighted by Crippen LogP contribution is -2.15. The minimum Gasteiger partial charge on any atom is -0.0890 e. The third-order valence-electron chi connectivity index (χ3n) is 3.35. The summed E-state index contributed by atoms with van der Waals surface area (Å²) < 4.78 is 1.25. The van der Waals surface area contributed by atoms with Crippen molar-refractivity contribution in [3.8, 4) is 0 Å². The van der Waals surface area contributed by atoms with Gasteiger partial charge in [-0.2, -0.15) is 0 Å². The Kier molecular flexibility index (Phi) is 3.56. The van der Waals surface area contributed by atoms with Gasteiger partial charge in [0.25, 0.3) is 0 Å². The first-order valence-electron chi connectivity index (χ1n) is 5.47. The van der Waals surface area contributed by atoms with E-state index in [2.05, 4.69) is 63.0 Å². The van der Waals surface area contributed by atoms with Gasteiger partial charge in [0, 0.05) is 9.30 Å². The topological polar surface area (TPSA) is 0 Å². The van der Waals surface area contributed by atoms with Gasteiger partial charge in [-0.15, -0.1) is 0 Å². The van der Waals surface area contributed by atoms with Crippen molar-refractivity contribution in [1.29, 1.82) is 0 Å². The van der Waals surface area contributed by atoms with Crippen molar-refractivity contribution in [2.75, 3.05) is 0 Å². The van der Waals surface area contributed by atoms with Crippen LogP contribution >= 0.6 is 31.9 Å². The summed E-state index contributed by atoms with van der Waals surface area (Å²) >= 11 is 7.37. The number of hydrogen-bond donors (Lipinski definition) is 0. The highest BCUT2D eigenvalue weighted by Gasteiger charge is 2.34. The molecule has 0 saturated heterocycles. The molecule has 1 aliphatic carbocycles. The number of halogens is 2. The SMILES string of the molecule is CC1(Cc2ccccc2Br)CCC(Br)C1. The van der Waals surface area contributed by atoms with Crippen LogP contribution in [-0.2, 0) is 6.42 Å². The Hall–Kier alpha value is 0.180. The summed E-state index contributed by atoms with van der Waals surface area (Å²) in [6, 6.07) is 8.58. The number of alkyl halides is 1. The molecule has 1 saturated carbocycles. The standard InChI is InChI=1S/C13H16Br2/c1-13(7-6-11(14)9-13)8-10-4-2-3-5-12(10)15/h2-5,11H,6-9H2,1H3. The van der Waals surface area contributed by atoms with Gasteiger partial charge in [-0.3, -0.25) is 0 Å². The Labute approximate surface area is 109 Å². The molecule has 0 spiro atoms. The molecule has 0 aromatic heterocycles. The van der Waals surface area contributed by atoms with Crippen LogP contribution in [0.1, 0.15) is 31.7 Å². The highest BCUT2D eigenvalue weighted by atomic mass is 79.9. The van der Waals surface area contributed by atoms with Gasteiger partial charge in [-0.1, -0.05) is 57.0 Å². The monoisotopic (exact) mass is 330 g/mol. The van der Waals surface area contributed by atoms with E-state index in [0.29, 0.717) is 5.41 Å². The maximum absolute atomic E-state index is 3.73. The Bertz CT molecular complexity index is 348. The second-order valence-corrected chi connectivity index (χ2v) is 7.07. The molecule has 2 heteroatoms. The Morgan fingerprint density at radius 3 is 2.73 bits per heavy atom. The van der Waals surface area contributed by atoms with E-state index in [9.17, 15) is 0 Å². The lowest BCUT2D eigenvalue weighted by Gasteiger charge is -2.24. The predicted octanol–water partition coefficient (Wildman–Crippen LogP) is 4.95. The molecule has 0 heterocycles. The lowest BCUT2D eigenvalue weighted by atomic mass is 9.82. The van der Waals surface area contributed by atoms with Crippen LogP contribution in [0.2, 0.25) is 0 Å². The van der Waals surface area contributed by atoms with Gasteiger partial charge < -0.3 is 0 Å². The highest BCUT2D eigenvalue weighted by molar-refractivity contribution is 9.10. The van der Waals surface area contributed by atoms with Crippen LogP contribution in [0.15, 0.2) is 28.7 Å². The van der Waals surface area contributed by atoms with Crippen molar-refractivity contribution in [2.24, 2.45) is 5.41 Å². The zero-order valence-electron chi connectivity index (χ0n) is 8.97. The van der Waals surface area contributed by atoms with Gasteiger partial charge in [0.05, 0.1) is 0 Å². The molecule has 0 aliphatic heterocycles. The maximum Gasteiger partial charge on any atom is 0.0207 e. The fourth-order valence-corrected chi connectivity index (χ4v) is 3.94. The second kappa shape index (κ2) is 4.58. The molecule has 0 radical (unpaired) electrons. The molecule has 0 bridgehead atoms. The Morgan fingerprint density at radius 2 is 2.13 bits per heavy atom. The van der Waals surface area contributed by atoms with E-state index in [1.807, 2.05) is 0 Å². The van der Waals surface area contributed by atoms with Crippen molar-refractivity contribution >= 4 is 31.9 Å². The molecule has 1 aromatic carbocycles. The Morgan fingerprint density at radius 1 is 1.40 bits per heavy atom. The van der Waals surface area contributed by atoms with Crippen molar-refractivity contribution in [3.63, 3.8) is 0 Å². The summed E-state index contributed by atoms with van der Waals surface area (Å²) in [7, 11) is 0. The summed E-state index contributed by atoms with van der Waals surface area (Å²) in [4.78, 5) is 0.727. The number of hydrogen-bond acceptors (Lipinski definition) is 0. The van der Waals surface area contributed by atoms with Crippen molar-refractivity contribution in [1.82, 2.24) is 0 Å². The molecule has 1 fully saturated rings. The molecule has 15 heavy (non-hydrogen) atoms. The molecule has 2 unspecified atom stereocenters. The summed E-state index contributed by atoms with van der Waals surface area (Å²) in [6.07, 6.45) is 5.15. The van der Waals surface area contributed by atoms with E-state index < -0.39 is 0 Å². The van der Waals surface area contributed by atoms with Gasteiger partial charge in [-0.25, -0.2) is 0 Å². The van der Waals surface area contributed by atoms with Crippen LogP contribution in [0.3, 0.4) is 0 Å². The van der Waals surface area contributed by atoms with Crippen LogP contribution < -0.4 is 0 Å². The molecular weight excluding hydrogens is 316 g/mol. The van der Waals surface area contributed by atoms with Gasteiger partial charge in [0.2, 0.25) is 0 Å². The van der Waals surface area contributed by atoms with Crippen LogP contribution in [0, 0.1) is 5.41 Å². The van der Waals surface area contributed by atoms with Gasteiger partial charge >= 0.3 is 0 Å². The van der Waals surface area contributed by atoms with E-state index in [-0.39, 0.29) is 0 Å². The average Bonchev–Trinajstić information content (AvgIpc) is 2.51. The maximum atomic E-state index is 3.73. The van der Waals surface area contributed by atoms with E-state index in [1.165, 1.54) is 35.7 Å². The largest absolute Gasteiger partial charge is 0.0890 e. The van der Waals surface area contributed by atoms with E-state index in [1.54, 1.807) is 0 Å². The van der Waals surface area contributed by atoms with Crippen molar-refractivity contribution < 1.29 is 0 Å². The normalized spacial score (nSPS) is 30.7. The summed E-state index contributed by atoms with van der Waals surface area (Å²) in [5.41, 5.74) is 1.93. The molecule has 0 amide bonds. The first-order chi connectivity index (χ1) is 7.09. The zero-order chi connectivity index (χ0) is 10.9. The van der Waals surface area contributed by atoms with Crippen LogP contribution in [0.5, 0.6) is 0 Å². The summed E-state index contributed by atoms with van der Waals surface area (Å²) in [5, 5.41) is 0. The average molecular weight is 332 g/mol. The third kappa shape index (κ3) is 2.85. The summed E-state index contributed by atoms with van der Waals surface area (Å²) in [5.74, 6) is 0. The van der Waals surface area contributed by atoms with Crippen molar-refractivity contribution in [2.45, 2.75) is 37.4 Å². The number of benzene rings is 1. The van der Waals surface area contributed by atoms with Crippen LogP contribution in [0.25, 0.3) is 0 Å². The Balaban J connectivity index is 2.12. The molecule has 2 atom stereocenters. The van der Waals surface area contributed by atoms with E-state index in [0.717, 1.165) is 4.83 Å². The molecule has 82 valence electrons. The molecular formula is C13H16Br2. The molecule has 1 aliphatic rings. The van der Waals surface area contributed by atoms with Gasteiger partial charge in [-0.05, 0) is 42.7 Å². The molecule has 0 nitrogen and oxygen atoms in total. The first-order valence-corrected chi connectivity index (χ1v) is 7.17. The van der Waals surface area contributed by atoms with Gasteiger partial charge in [0.1, 0.15) is 0 Å². The minimum absolute atomic E-state index is 0.484. The number of rotatable bonds is 2. The first kappa shape index (κ1) is 11.7. The van der Waals surface area contributed by atoms with Crippen molar-refractivity contribution in [3.05, 3.63) is 34.3 Å². The summed E-state index contributed by atoms with van der Waals surface area (Å²) in [6.45, 7) is 2.41. The molecule has 2 rings (SSSR count). The molecule has 1 aromatic rings.